The zero-order valence-corrected chi connectivity index (χ0v) is 14.6. The Morgan fingerprint density at radius 1 is 1.46 bits per heavy atom. The van der Waals surface area contributed by atoms with Crippen molar-refractivity contribution in [3.05, 3.63) is 11.8 Å². The van der Waals surface area contributed by atoms with Crippen LogP contribution in [-0.4, -0.2) is 40.4 Å². The molecule has 2 amide bonds. The van der Waals surface area contributed by atoms with E-state index in [1.165, 1.54) is 0 Å². The number of nitrogens with zero attached hydrogens (tertiary/aromatic N) is 1. The van der Waals surface area contributed by atoms with Crippen molar-refractivity contribution in [1.82, 2.24) is 15.5 Å². The quantitative estimate of drug-likeness (QED) is 0.695. The van der Waals surface area contributed by atoms with Gasteiger partial charge in [0.2, 0.25) is 5.91 Å². The molecule has 2 heterocycles. The van der Waals surface area contributed by atoms with Gasteiger partial charge < -0.3 is 20.1 Å². The molecule has 3 N–H and O–H groups in total. The molecule has 4 rings (SSSR count). The van der Waals surface area contributed by atoms with Crippen LogP contribution in [0.5, 0.6) is 0 Å². The summed E-state index contributed by atoms with van der Waals surface area (Å²) in [4.78, 5) is 23.9. The van der Waals surface area contributed by atoms with Crippen molar-refractivity contribution < 1.29 is 19.1 Å². The number of aromatic nitrogens is 2. The van der Waals surface area contributed by atoms with Gasteiger partial charge >= 0.3 is 6.09 Å². The smallest absolute Gasteiger partial charge is 0.407 e. The molecule has 0 bridgehead atoms. The van der Waals surface area contributed by atoms with Crippen molar-refractivity contribution in [2.24, 2.45) is 11.8 Å². The number of terminal acetylenes is 1. The SMILES string of the molecule is C#C[C@H]1C[C@@H]1C(=O)Nc1cc([C@@H]2C[C@H](OC(=O)NC3(C)CC3)CO2)[nH]n1. The summed E-state index contributed by atoms with van der Waals surface area (Å²) in [6.45, 7) is 2.33. The number of hydrogen-bond donors (Lipinski definition) is 3. The molecule has 2 aliphatic carbocycles. The third-order valence-corrected chi connectivity index (χ3v) is 5.17. The van der Waals surface area contributed by atoms with Crippen molar-refractivity contribution in [1.29, 1.82) is 0 Å². The molecule has 26 heavy (non-hydrogen) atoms. The first-order valence-electron chi connectivity index (χ1n) is 8.88. The molecule has 4 atom stereocenters. The van der Waals surface area contributed by atoms with Crippen LogP contribution >= 0.6 is 0 Å². The van der Waals surface area contributed by atoms with Crippen LogP contribution in [0, 0.1) is 24.2 Å². The number of rotatable bonds is 5. The summed E-state index contributed by atoms with van der Waals surface area (Å²) >= 11 is 0. The zero-order valence-electron chi connectivity index (χ0n) is 14.6. The van der Waals surface area contributed by atoms with Crippen LogP contribution in [0.1, 0.15) is 44.4 Å². The molecular formula is C18H22N4O4. The van der Waals surface area contributed by atoms with E-state index >= 15 is 0 Å². The Morgan fingerprint density at radius 3 is 2.96 bits per heavy atom. The highest BCUT2D eigenvalue weighted by Gasteiger charge is 2.42. The van der Waals surface area contributed by atoms with Gasteiger partial charge in [0, 0.05) is 23.9 Å². The summed E-state index contributed by atoms with van der Waals surface area (Å²) in [5.41, 5.74) is 0.636. The number of aromatic amines is 1. The fraction of sp³-hybridized carbons (Fsp3) is 0.611. The zero-order chi connectivity index (χ0) is 18.3. The molecule has 0 unspecified atom stereocenters. The fourth-order valence-corrected chi connectivity index (χ4v) is 3.09. The van der Waals surface area contributed by atoms with Crippen molar-refractivity contribution in [2.45, 2.75) is 50.4 Å². The second-order valence-corrected chi connectivity index (χ2v) is 7.58. The molecule has 8 nitrogen and oxygen atoms in total. The lowest BCUT2D eigenvalue weighted by molar-refractivity contribution is -0.117. The Balaban J connectivity index is 1.26. The molecule has 0 aromatic carbocycles. The van der Waals surface area contributed by atoms with E-state index in [-0.39, 0.29) is 35.5 Å². The van der Waals surface area contributed by atoms with Crippen molar-refractivity contribution in [3.63, 3.8) is 0 Å². The second-order valence-electron chi connectivity index (χ2n) is 7.58. The van der Waals surface area contributed by atoms with Gasteiger partial charge in [-0.2, -0.15) is 5.10 Å². The van der Waals surface area contributed by atoms with Crippen LogP contribution in [0.3, 0.4) is 0 Å². The summed E-state index contributed by atoms with van der Waals surface area (Å²) in [6.07, 6.45) is 7.61. The van der Waals surface area contributed by atoms with Crippen LogP contribution in [0.2, 0.25) is 0 Å². The maximum absolute atomic E-state index is 12.0. The average molecular weight is 358 g/mol. The predicted octanol–water partition coefficient (Wildman–Crippen LogP) is 1.73. The van der Waals surface area contributed by atoms with Gasteiger partial charge in [0.1, 0.15) is 12.2 Å². The van der Waals surface area contributed by atoms with E-state index in [0.29, 0.717) is 18.8 Å². The Morgan fingerprint density at radius 2 is 2.27 bits per heavy atom. The summed E-state index contributed by atoms with van der Waals surface area (Å²) in [5.74, 6) is 2.84. The number of carbonyl (C=O) groups excluding carboxylic acids is 2. The van der Waals surface area contributed by atoms with Crippen LogP contribution in [-0.2, 0) is 14.3 Å². The third-order valence-electron chi connectivity index (χ3n) is 5.17. The van der Waals surface area contributed by atoms with Gasteiger partial charge in [-0.1, -0.05) is 0 Å². The lowest BCUT2D eigenvalue weighted by Crippen LogP contribution is -2.37. The molecular weight excluding hydrogens is 336 g/mol. The molecule has 0 spiro atoms. The van der Waals surface area contributed by atoms with Gasteiger partial charge in [-0.3, -0.25) is 9.89 Å². The molecule has 1 aromatic heterocycles. The lowest BCUT2D eigenvalue weighted by atomic mass is 10.1. The van der Waals surface area contributed by atoms with Gasteiger partial charge in [-0.05, 0) is 26.2 Å². The highest BCUT2D eigenvalue weighted by atomic mass is 16.6. The lowest BCUT2D eigenvalue weighted by Gasteiger charge is -2.15. The standard InChI is InChI=1S/C18H22N4O4/c1-3-10-6-12(10)16(23)19-15-8-13(21-22-15)14-7-11(9-25-14)26-17(24)20-18(2)4-5-18/h1,8,10-12,14H,4-7,9H2,2H3,(H,20,24)(H2,19,21,22,23)/t10-,11-,12-,14-/m0/s1. The van der Waals surface area contributed by atoms with E-state index in [1.807, 2.05) is 6.92 Å². The minimum absolute atomic E-state index is 0.0357. The normalized spacial score (nSPS) is 30.9. The monoisotopic (exact) mass is 358 g/mol. The third kappa shape index (κ3) is 3.68. The minimum Gasteiger partial charge on any atom is -0.444 e. The first kappa shape index (κ1) is 16.9. The number of hydrogen-bond acceptors (Lipinski definition) is 5. The molecule has 1 aromatic rings. The number of ether oxygens (including phenoxy) is 2. The molecule has 1 aliphatic heterocycles. The van der Waals surface area contributed by atoms with Crippen molar-refractivity contribution in [3.8, 4) is 12.3 Å². The number of alkyl carbamates (subject to hydrolysis) is 1. The molecule has 1 saturated heterocycles. The number of H-pyrrole nitrogens is 1. The molecule has 2 saturated carbocycles. The number of nitrogens with one attached hydrogen (secondary N) is 3. The summed E-state index contributed by atoms with van der Waals surface area (Å²) in [7, 11) is 0. The largest absolute Gasteiger partial charge is 0.444 e. The van der Waals surface area contributed by atoms with Crippen molar-refractivity contribution in [2.75, 3.05) is 11.9 Å². The van der Waals surface area contributed by atoms with E-state index in [9.17, 15) is 9.59 Å². The highest BCUT2D eigenvalue weighted by molar-refractivity contribution is 5.94. The molecule has 0 radical (unpaired) electrons. The highest BCUT2D eigenvalue weighted by Crippen LogP contribution is 2.38. The molecule has 3 aliphatic rings. The number of anilines is 1. The van der Waals surface area contributed by atoms with Gasteiger partial charge in [-0.15, -0.1) is 12.3 Å². The predicted molar refractivity (Wildman–Crippen MR) is 92.0 cm³/mol. The average Bonchev–Trinajstić information content (AvgIpc) is 3.42. The number of amides is 2. The molecule has 8 heteroatoms. The maximum Gasteiger partial charge on any atom is 0.407 e. The van der Waals surface area contributed by atoms with Crippen LogP contribution in [0.15, 0.2) is 6.07 Å². The first-order chi connectivity index (χ1) is 12.5. The Hall–Kier alpha value is -2.53. The first-order valence-corrected chi connectivity index (χ1v) is 8.88. The minimum atomic E-state index is -0.399. The summed E-state index contributed by atoms with van der Waals surface area (Å²) < 4.78 is 11.1. The summed E-state index contributed by atoms with van der Waals surface area (Å²) in [5, 5.41) is 12.6. The topological polar surface area (TPSA) is 105 Å². The van der Waals surface area contributed by atoms with E-state index < -0.39 is 6.09 Å². The Kier molecular flexibility index (Phi) is 4.11. The molecule has 3 fully saturated rings. The Labute approximate surface area is 151 Å². The van der Waals surface area contributed by atoms with Gasteiger partial charge in [-0.25, -0.2) is 4.79 Å². The molecule has 138 valence electrons. The van der Waals surface area contributed by atoms with Crippen LogP contribution in [0.4, 0.5) is 10.6 Å². The van der Waals surface area contributed by atoms with E-state index in [2.05, 4.69) is 26.8 Å². The van der Waals surface area contributed by atoms with Crippen LogP contribution < -0.4 is 10.6 Å². The van der Waals surface area contributed by atoms with E-state index in [4.69, 9.17) is 15.9 Å². The van der Waals surface area contributed by atoms with E-state index in [0.717, 1.165) is 25.0 Å². The van der Waals surface area contributed by atoms with Gasteiger partial charge in [0.15, 0.2) is 5.82 Å². The van der Waals surface area contributed by atoms with Crippen molar-refractivity contribution >= 4 is 17.8 Å². The van der Waals surface area contributed by atoms with Crippen LogP contribution in [0.25, 0.3) is 0 Å². The summed E-state index contributed by atoms with van der Waals surface area (Å²) in [6, 6.07) is 1.74. The fourth-order valence-electron chi connectivity index (χ4n) is 3.09. The maximum atomic E-state index is 12.0. The van der Waals surface area contributed by atoms with Gasteiger partial charge in [0.05, 0.1) is 18.2 Å². The van der Waals surface area contributed by atoms with Gasteiger partial charge in [0.25, 0.3) is 0 Å². The van der Waals surface area contributed by atoms with E-state index in [1.54, 1.807) is 6.07 Å². The second kappa shape index (κ2) is 6.32. The Bertz CT molecular complexity index is 763. The number of carbonyl (C=O) groups is 2.